The van der Waals surface area contributed by atoms with E-state index in [0.717, 1.165) is 0 Å². The van der Waals surface area contributed by atoms with Crippen LogP contribution in [0.3, 0.4) is 0 Å². The predicted molar refractivity (Wildman–Crippen MR) is 69.0 cm³/mol. The summed E-state index contributed by atoms with van der Waals surface area (Å²) in [6.45, 7) is 1.77. The topological polar surface area (TPSA) is 84.0 Å². The van der Waals surface area contributed by atoms with Gasteiger partial charge in [0, 0.05) is 0 Å². The van der Waals surface area contributed by atoms with E-state index in [0.29, 0.717) is 17.9 Å². The minimum atomic E-state index is -3.45. The van der Waals surface area contributed by atoms with E-state index in [1.807, 2.05) is 6.07 Å². The van der Waals surface area contributed by atoms with E-state index in [2.05, 4.69) is 4.98 Å². The average Bonchev–Trinajstić information content (AvgIpc) is 2.91. The van der Waals surface area contributed by atoms with Crippen molar-refractivity contribution >= 4 is 9.84 Å². The molecule has 0 amide bonds. The van der Waals surface area contributed by atoms with Crippen molar-refractivity contribution in [2.45, 2.75) is 18.2 Å². The fourth-order valence-corrected chi connectivity index (χ4v) is 3.14. The van der Waals surface area contributed by atoms with Crippen molar-refractivity contribution in [1.29, 1.82) is 5.26 Å². The molecule has 0 saturated heterocycles. The number of furan rings is 1. The van der Waals surface area contributed by atoms with Crippen molar-refractivity contribution in [2.24, 2.45) is 0 Å². The van der Waals surface area contributed by atoms with Crippen LogP contribution in [0, 0.1) is 11.3 Å². The molecule has 6 heteroatoms. The van der Waals surface area contributed by atoms with Crippen molar-refractivity contribution in [1.82, 2.24) is 4.98 Å². The largest absolute Gasteiger partial charge is 0.463 e. The second-order valence-electron chi connectivity index (χ2n) is 3.95. The molecule has 5 nitrogen and oxygen atoms in total. The number of hydrogen-bond donors (Lipinski definition) is 0. The molecule has 2 rings (SSSR count). The number of nitrogens with zero attached hydrogens (tertiary/aromatic N) is 2. The minimum absolute atomic E-state index is 0.00343. The second-order valence-corrected chi connectivity index (χ2v) is 6.03. The summed E-state index contributed by atoms with van der Waals surface area (Å²) in [5, 5.41) is 9.06. The lowest BCUT2D eigenvalue weighted by atomic mass is 10.2. The zero-order valence-corrected chi connectivity index (χ0v) is 11.1. The summed E-state index contributed by atoms with van der Waals surface area (Å²) < 4.78 is 29.2. The normalized spacial score (nSPS) is 11.2. The summed E-state index contributed by atoms with van der Waals surface area (Å²) in [5.74, 6) is 0.500. The third-order valence-electron chi connectivity index (χ3n) is 2.55. The van der Waals surface area contributed by atoms with Gasteiger partial charge in [0.1, 0.15) is 16.7 Å². The number of pyridine rings is 1. The first-order valence-corrected chi connectivity index (χ1v) is 7.41. The van der Waals surface area contributed by atoms with E-state index in [1.165, 1.54) is 12.3 Å². The van der Waals surface area contributed by atoms with Crippen LogP contribution in [0.15, 0.2) is 39.8 Å². The SMILES string of the molecule is CCCS(=O)(=O)c1ccc(-c2ccco2)nc1C#N. The van der Waals surface area contributed by atoms with Crippen molar-refractivity contribution in [3.63, 3.8) is 0 Å². The van der Waals surface area contributed by atoms with Gasteiger partial charge in [-0.1, -0.05) is 6.92 Å². The lowest BCUT2D eigenvalue weighted by Crippen LogP contribution is -2.09. The first kappa shape index (κ1) is 13.3. The Bertz CT molecular complexity index is 713. The molecule has 2 aromatic rings. The van der Waals surface area contributed by atoms with E-state index < -0.39 is 9.84 Å². The van der Waals surface area contributed by atoms with Crippen LogP contribution >= 0.6 is 0 Å². The van der Waals surface area contributed by atoms with Gasteiger partial charge in [0.25, 0.3) is 0 Å². The van der Waals surface area contributed by atoms with Crippen LogP contribution in [0.5, 0.6) is 0 Å². The van der Waals surface area contributed by atoms with Gasteiger partial charge in [-0.2, -0.15) is 5.26 Å². The Morgan fingerprint density at radius 1 is 1.37 bits per heavy atom. The van der Waals surface area contributed by atoms with Crippen LogP contribution in [0.1, 0.15) is 19.0 Å². The lowest BCUT2D eigenvalue weighted by molar-refractivity contribution is 0.579. The van der Waals surface area contributed by atoms with Crippen LogP contribution < -0.4 is 0 Å². The Hall–Kier alpha value is -2.13. The summed E-state index contributed by atoms with van der Waals surface area (Å²) in [7, 11) is -3.45. The predicted octanol–water partition coefficient (Wildman–Crippen LogP) is 2.40. The molecule has 0 N–H and O–H groups in total. The van der Waals surface area contributed by atoms with Gasteiger partial charge < -0.3 is 4.42 Å². The zero-order chi connectivity index (χ0) is 13.9. The van der Waals surface area contributed by atoms with Gasteiger partial charge >= 0.3 is 0 Å². The molecule has 0 unspecified atom stereocenters. The maximum atomic E-state index is 12.0. The highest BCUT2D eigenvalue weighted by Gasteiger charge is 2.20. The highest BCUT2D eigenvalue weighted by molar-refractivity contribution is 7.91. The summed E-state index contributed by atoms with van der Waals surface area (Å²) in [5.41, 5.74) is 0.347. The molecule has 0 aromatic carbocycles. The fourth-order valence-electron chi connectivity index (χ4n) is 1.72. The highest BCUT2D eigenvalue weighted by Crippen LogP contribution is 2.22. The van der Waals surface area contributed by atoms with E-state index in [-0.39, 0.29) is 16.3 Å². The first-order chi connectivity index (χ1) is 9.08. The molecule has 0 aliphatic carbocycles. The average molecular weight is 276 g/mol. The maximum absolute atomic E-state index is 12.0. The lowest BCUT2D eigenvalue weighted by Gasteiger charge is -2.05. The number of aromatic nitrogens is 1. The van der Waals surface area contributed by atoms with Crippen LogP contribution in [0.4, 0.5) is 0 Å². The summed E-state index contributed by atoms with van der Waals surface area (Å²) in [6, 6.07) is 8.18. The molecule has 19 heavy (non-hydrogen) atoms. The molecule has 98 valence electrons. The summed E-state index contributed by atoms with van der Waals surface area (Å²) in [4.78, 5) is 4.03. The van der Waals surface area contributed by atoms with Crippen molar-refractivity contribution in [2.75, 3.05) is 5.75 Å². The minimum Gasteiger partial charge on any atom is -0.463 e. The zero-order valence-electron chi connectivity index (χ0n) is 10.3. The van der Waals surface area contributed by atoms with Crippen LogP contribution in [-0.2, 0) is 9.84 Å². The van der Waals surface area contributed by atoms with Crippen molar-refractivity contribution in [3.05, 3.63) is 36.2 Å². The molecular formula is C13H12N2O3S. The van der Waals surface area contributed by atoms with Crippen LogP contribution in [-0.4, -0.2) is 19.2 Å². The van der Waals surface area contributed by atoms with Crippen molar-refractivity contribution < 1.29 is 12.8 Å². The van der Waals surface area contributed by atoms with E-state index in [9.17, 15) is 8.42 Å². The molecular weight excluding hydrogens is 264 g/mol. The number of hydrogen-bond acceptors (Lipinski definition) is 5. The van der Waals surface area contributed by atoms with E-state index in [1.54, 1.807) is 25.1 Å². The maximum Gasteiger partial charge on any atom is 0.181 e. The molecule has 0 aliphatic rings. The molecule has 0 atom stereocenters. The van der Waals surface area contributed by atoms with Gasteiger partial charge in [-0.3, -0.25) is 0 Å². The quantitative estimate of drug-likeness (QED) is 0.856. The molecule has 2 heterocycles. The Morgan fingerprint density at radius 3 is 2.74 bits per heavy atom. The third kappa shape index (κ3) is 2.66. The standard InChI is InChI=1S/C13H12N2O3S/c1-2-8-19(16,17)13-6-5-10(15-11(13)9-14)12-4-3-7-18-12/h3-7H,2,8H2,1H3. The Labute approximate surface area is 111 Å². The van der Waals surface area contributed by atoms with Gasteiger partial charge in [-0.25, -0.2) is 13.4 Å². The molecule has 0 saturated carbocycles. The van der Waals surface area contributed by atoms with Crippen LogP contribution in [0.2, 0.25) is 0 Å². The van der Waals surface area contributed by atoms with E-state index >= 15 is 0 Å². The Morgan fingerprint density at radius 2 is 2.16 bits per heavy atom. The monoisotopic (exact) mass is 276 g/mol. The fraction of sp³-hybridized carbons (Fsp3) is 0.231. The molecule has 0 bridgehead atoms. The first-order valence-electron chi connectivity index (χ1n) is 5.76. The second kappa shape index (κ2) is 5.24. The Balaban J connectivity index is 2.53. The smallest absolute Gasteiger partial charge is 0.181 e. The van der Waals surface area contributed by atoms with Gasteiger partial charge in [-0.05, 0) is 30.7 Å². The Kier molecular flexibility index (Phi) is 3.67. The number of rotatable bonds is 4. The molecule has 2 aromatic heterocycles. The molecule has 0 aliphatic heterocycles. The van der Waals surface area contributed by atoms with Gasteiger partial charge in [0.2, 0.25) is 0 Å². The third-order valence-corrected chi connectivity index (χ3v) is 4.49. The number of nitriles is 1. The van der Waals surface area contributed by atoms with Gasteiger partial charge in [-0.15, -0.1) is 0 Å². The number of sulfone groups is 1. The molecule has 0 fully saturated rings. The van der Waals surface area contributed by atoms with Gasteiger partial charge in [0.05, 0.1) is 12.0 Å². The van der Waals surface area contributed by atoms with E-state index in [4.69, 9.17) is 9.68 Å². The van der Waals surface area contributed by atoms with Crippen LogP contribution in [0.25, 0.3) is 11.5 Å². The summed E-state index contributed by atoms with van der Waals surface area (Å²) >= 11 is 0. The molecule has 0 radical (unpaired) electrons. The highest BCUT2D eigenvalue weighted by atomic mass is 32.2. The molecule has 0 spiro atoms. The summed E-state index contributed by atoms with van der Waals surface area (Å²) in [6.07, 6.45) is 1.98. The van der Waals surface area contributed by atoms with Gasteiger partial charge in [0.15, 0.2) is 21.3 Å². The van der Waals surface area contributed by atoms with Crippen molar-refractivity contribution in [3.8, 4) is 17.5 Å².